The molecule has 8 heteroatoms. The summed E-state index contributed by atoms with van der Waals surface area (Å²) in [7, 11) is 2.95. The number of ether oxygens (including phenoxy) is 2. The normalized spacial score (nSPS) is 8.62. The van der Waals surface area contributed by atoms with E-state index in [1.807, 2.05) is 24.3 Å². The van der Waals surface area contributed by atoms with E-state index in [0.29, 0.717) is 22.6 Å². The lowest BCUT2D eigenvalue weighted by atomic mass is 10.1. The van der Waals surface area contributed by atoms with Crippen molar-refractivity contribution in [1.82, 2.24) is 0 Å². The van der Waals surface area contributed by atoms with Crippen LogP contribution in [0.4, 0.5) is 0 Å². The Labute approximate surface area is 167 Å². The molecule has 6 nitrogen and oxygen atoms in total. The Bertz CT molecular complexity index is 913. The molecule has 0 atom stereocenters. The van der Waals surface area contributed by atoms with Crippen LogP contribution in [-0.2, 0) is 0 Å². The summed E-state index contributed by atoms with van der Waals surface area (Å²) in [5, 5.41) is 34.7. The first-order valence-corrected chi connectivity index (χ1v) is 8.39. The van der Waals surface area contributed by atoms with Crippen LogP contribution in [0.3, 0.4) is 0 Å². The van der Waals surface area contributed by atoms with Crippen LogP contribution in [-0.4, -0.2) is 14.2 Å². The summed E-state index contributed by atoms with van der Waals surface area (Å²) in [6.07, 6.45) is 0. The van der Waals surface area contributed by atoms with Gasteiger partial charge >= 0.3 is 0 Å². The average Bonchev–Trinajstić information content (AvgIpc) is 2.68. The highest BCUT2D eigenvalue weighted by molar-refractivity contribution is 9.13. The Kier molecular flexibility index (Phi) is 8.13. The molecule has 0 aliphatic heterocycles. The number of rotatable bonds is 2. The summed E-state index contributed by atoms with van der Waals surface area (Å²) in [6.45, 7) is 0. The van der Waals surface area contributed by atoms with Crippen LogP contribution in [0.1, 0.15) is 22.3 Å². The summed E-state index contributed by atoms with van der Waals surface area (Å²) in [4.78, 5) is 0. The number of hydrogen-bond donors (Lipinski definition) is 0. The molecule has 0 spiro atoms. The molecule has 0 amide bonds. The SMILES string of the molecule is COc1cc(C#N)c(C#N)cc1OC.N#Cc1cc(Br)c(Br)cc1C#N. The quantitative estimate of drug-likeness (QED) is 0.638. The van der Waals surface area contributed by atoms with E-state index in [1.165, 1.54) is 26.4 Å². The van der Waals surface area contributed by atoms with Crippen molar-refractivity contribution in [2.75, 3.05) is 14.2 Å². The fraction of sp³-hybridized carbons (Fsp3) is 0.111. The Balaban J connectivity index is 0.000000263. The smallest absolute Gasteiger partial charge is 0.162 e. The van der Waals surface area contributed by atoms with Gasteiger partial charge in [-0.05, 0) is 44.0 Å². The molecule has 26 heavy (non-hydrogen) atoms. The molecule has 0 aliphatic rings. The molecule has 0 fully saturated rings. The fourth-order valence-electron chi connectivity index (χ4n) is 1.80. The Hall–Kier alpha value is -3.04. The number of nitrogens with zero attached hydrogens (tertiary/aromatic N) is 4. The first-order chi connectivity index (χ1) is 12.4. The van der Waals surface area contributed by atoms with Crippen LogP contribution in [0, 0.1) is 45.3 Å². The van der Waals surface area contributed by atoms with E-state index in [-0.39, 0.29) is 11.1 Å². The summed E-state index contributed by atoms with van der Waals surface area (Å²) < 4.78 is 11.5. The maximum absolute atomic E-state index is 8.74. The minimum Gasteiger partial charge on any atom is -0.493 e. The third-order valence-electron chi connectivity index (χ3n) is 3.07. The van der Waals surface area contributed by atoms with Crippen molar-refractivity contribution < 1.29 is 9.47 Å². The van der Waals surface area contributed by atoms with Crippen molar-refractivity contribution in [1.29, 1.82) is 21.0 Å². The second kappa shape index (κ2) is 10.1. The summed E-state index contributed by atoms with van der Waals surface area (Å²) in [5.41, 5.74) is 1.33. The highest BCUT2D eigenvalue weighted by Crippen LogP contribution is 2.29. The molecule has 0 saturated carbocycles. The van der Waals surface area contributed by atoms with Gasteiger partial charge in [0, 0.05) is 21.1 Å². The number of hydrogen-bond acceptors (Lipinski definition) is 6. The summed E-state index contributed by atoms with van der Waals surface area (Å²) in [5.74, 6) is 0.895. The highest BCUT2D eigenvalue weighted by Gasteiger charge is 2.10. The van der Waals surface area contributed by atoms with Crippen molar-refractivity contribution in [3.05, 3.63) is 55.5 Å². The minimum absolute atomic E-state index is 0.283. The summed E-state index contributed by atoms with van der Waals surface area (Å²) in [6, 6.07) is 13.9. The molecule has 128 valence electrons. The zero-order valence-corrected chi connectivity index (χ0v) is 16.8. The first kappa shape index (κ1) is 21.0. The Morgan fingerprint density at radius 2 is 0.885 bits per heavy atom. The predicted molar refractivity (Wildman–Crippen MR) is 100 cm³/mol. The van der Waals surface area contributed by atoms with E-state index in [1.54, 1.807) is 12.1 Å². The van der Waals surface area contributed by atoms with Crippen LogP contribution in [0.2, 0.25) is 0 Å². The number of nitriles is 4. The Morgan fingerprint density at radius 1 is 0.615 bits per heavy atom. The van der Waals surface area contributed by atoms with Crippen molar-refractivity contribution in [3.63, 3.8) is 0 Å². The monoisotopic (exact) mass is 472 g/mol. The molecule has 0 radical (unpaired) electrons. The average molecular weight is 474 g/mol. The van der Waals surface area contributed by atoms with E-state index in [0.717, 1.165) is 8.95 Å². The molecule has 0 unspecified atom stereocenters. The molecule has 0 aromatic heterocycles. The second-order valence-electron chi connectivity index (χ2n) is 4.51. The van der Waals surface area contributed by atoms with Crippen LogP contribution < -0.4 is 9.47 Å². The van der Waals surface area contributed by atoms with Gasteiger partial charge < -0.3 is 9.47 Å². The number of halogens is 2. The van der Waals surface area contributed by atoms with Gasteiger partial charge in [-0.2, -0.15) is 21.0 Å². The molecule has 2 aromatic carbocycles. The lowest BCUT2D eigenvalue weighted by molar-refractivity contribution is 0.354. The van der Waals surface area contributed by atoms with Gasteiger partial charge in [0.1, 0.15) is 24.3 Å². The van der Waals surface area contributed by atoms with E-state index < -0.39 is 0 Å². The van der Waals surface area contributed by atoms with Gasteiger partial charge in [0.25, 0.3) is 0 Å². The van der Waals surface area contributed by atoms with E-state index in [2.05, 4.69) is 31.9 Å². The lowest BCUT2D eigenvalue weighted by Crippen LogP contribution is -1.93. The topological polar surface area (TPSA) is 114 Å². The van der Waals surface area contributed by atoms with Crippen LogP contribution in [0.25, 0.3) is 0 Å². The standard InChI is InChI=1S/C10H8N2O2.C8H2Br2N2/c1-13-9-3-7(5-11)8(6-12)4-10(9)14-2;9-7-1-5(3-11)6(4-12)2-8(7)10/h3-4H,1-2H3;1-2H. The molecule has 0 N–H and O–H groups in total. The zero-order chi connectivity index (χ0) is 19.7. The van der Waals surface area contributed by atoms with Crippen molar-refractivity contribution in [2.24, 2.45) is 0 Å². The van der Waals surface area contributed by atoms with Gasteiger partial charge in [-0.25, -0.2) is 0 Å². The lowest BCUT2D eigenvalue weighted by Gasteiger charge is -2.07. The van der Waals surface area contributed by atoms with E-state index >= 15 is 0 Å². The van der Waals surface area contributed by atoms with Gasteiger partial charge in [-0.3, -0.25) is 0 Å². The molecular formula is C18H10Br2N4O2. The maximum atomic E-state index is 8.74. The largest absolute Gasteiger partial charge is 0.493 e. The molecule has 2 aromatic rings. The molecule has 0 aliphatic carbocycles. The van der Waals surface area contributed by atoms with Gasteiger partial charge in [-0.1, -0.05) is 0 Å². The highest BCUT2D eigenvalue weighted by atomic mass is 79.9. The van der Waals surface area contributed by atoms with Gasteiger partial charge in [0.2, 0.25) is 0 Å². The van der Waals surface area contributed by atoms with Crippen molar-refractivity contribution in [2.45, 2.75) is 0 Å². The summed E-state index contributed by atoms with van der Waals surface area (Å²) >= 11 is 6.49. The van der Waals surface area contributed by atoms with Crippen molar-refractivity contribution >= 4 is 31.9 Å². The van der Waals surface area contributed by atoms with Gasteiger partial charge in [0.05, 0.1) is 36.5 Å². The molecule has 2 rings (SSSR count). The van der Waals surface area contributed by atoms with Gasteiger partial charge in [0.15, 0.2) is 11.5 Å². The van der Waals surface area contributed by atoms with Gasteiger partial charge in [-0.15, -0.1) is 0 Å². The predicted octanol–water partition coefficient (Wildman–Crippen LogP) is 4.40. The fourth-order valence-corrected chi connectivity index (χ4v) is 2.48. The third kappa shape index (κ3) is 4.98. The third-order valence-corrected chi connectivity index (χ3v) is 4.91. The number of methoxy groups -OCH3 is 2. The van der Waals surface area contributed by atoms with Crippen molar-refractivity contribution in [3.8, 4) is 35.8 Å². The zero-order valence-electron chi connectivity index (χ0n) is 13.7. The van der Waals surface area contributed by atoms with E-state index in [4.69, 9.17) is 30.5 Å². The first-order valence-electron chi connectivity index (χ1n) is 6.81. The maximum Gasteiger partial charge on any atom is 0.162 e. The van der Waals surface area contributed by atoms with Crippen LogP contribution >= 0.6 is 31.9 Å². The van der Waals surface area contributed by atoms with Crippen LogP contribution in [0.5, 0.6) is 11.5 Å². The van der Waals surface area contributed by atoms with E-state index in [9.17, 15) is 0 Å². The second-order valence-corrected chi connectivity index (χ2v) is 6.22. The Morgan fingerprint density at radius 3 is 1.12 bits per heavy atom. The molecule has 0 heterocycles. The molecule has 0 bridgehead atoms. The number of benzene rings is 2. The molecule has 0 saturated heterocycles. The minimum atomic E-state index is 0.283. The molecular weight excluding hydrogens is 464 g/mol. The van der Waals surface area contributed by atoms with Crippen LogP contribution in [0.15, 0.2) is 33.2 Å².